The molecule has 0 aromatic heterocycles. The van der Waals surface area contributed by atoms with Gasteiger partial charge in [-0.15, -0.1) is 0 Å². The van der Waals surface area contributed by atoms with Crippen LogP contribution < -0.4 is 5.32 Å². The molecule has 3 atom stereocenters. The van der Waals surface area contributed by atoms with Crippen molar-refractivity contribution in [1.82, 2.24) is 5.32 Å². The number of carboxylic acid groups (broad SMARTS) is 1. The maximum absolute atomic E-state index is 12.2. The lowest BCUT2D eigenvalue weighted by Gasteiger charge is -2.27. The number of carboxylic acids is 1. The highest BCUT2D eigenvalue weighted by Crippen LogP contribution is 2.55. The SMILES string of the molecule is CC(C)(C)[C@H](NC(=O)C1C2CCCCC21)C(=O)O. The molecule has 1 amide bonds. The summed E-state index contributed by atoms with van der Waals surface area (Å²) in [4.78, 5) is 23.4. The van der Waals surface area contributed by atoms with Gasteiger partial charge in [0.2, 0.25) is 5.91 Å². The van der Waals surface area contributed by atoms with Crippen molar-refractivity contribution in [2.75, 3.05) is 0 Å². The normalized spacial score (nSPS) is 32.3. The van der Waals surface area contributed by atoms with E-state index in [-0.39, 0.29) is 11.8 Å². The third-order valence-corrected chi connectivity index (χ3v) is 4.36. The van der Waals surface area contributed by atoms with Crippen molar-refractivity contribution < 1.29 is 14.7 Å². The maximum atomic E-state index is 12.2. The average molecular weight is 253 g/mol. The Morgan fingerprint density at radius 2 is 1.67 bits per heavy atom. The van der Waals surface area contributed by atoms with Gasteiger partial charge in [-0.25, -0.2) is 4.79 Å². The van der Waals surface area contributed by atoms with Crippen LogP contribution in [0.3, 0.4) is 0 Å². The first-order valence-corrected chi connectivity index (χ1v) is 6.85. The molecule has 4 nitrogen and oxygen atoms in total. The molecular formula is C14H23NO3. The summed E-state index contributed by atoms with van der Waals surface area (Å²) in [6.07, 6.45) is 4.70. The fraction of sp³-hybridized carbons (Fsp3) is 0.857. The van der Waals surface area contributed by atoms with Gasteiger partial charge < -0.3 is 10.4 Å². The maximum Gasteiger partial charge on any atom is 0.326 e. The van der Waals surface area contributed by atoms with E-state index >= 15 is 0 Å². The second-order valence-electron chi connectivity index (χ2n) is 6.78. The highest BCUT2D eigenvalue weighted by molar-refractivity contribution is 5.87. The van der Waals surface area contributed by atoms with Gasteiger partial charge in [-0.1, -0.05) is 33.6 Å². The highest BCUT2D eigenvalue weighted by Gasteiger charge is 2.55. The predicted octanol–water partition coefficient (Wildman–Crippen LogP) is 2.04. The minimum Gasteiger partial charge on any atom is -0.480 e. The molecule has 2 aliphatic rings. The van der Waals surface area contributed by atoms with Gasteiger partial charge >= 0.3 is 5.97 Å². The summed E-state index contributed by atoms with van der Waals surface area (Å²) in [7, 11) is 0. The van der Waals surface area contributed by atoms with Gasteiger partial charge in [-0.2, -0.15) is 0 Å². The van der Waals surface area contributed by atoms with Crippen molar-refractivity contribution in [2.45, 2.75) is 52.5 Å². The highest BCUT2D eigenvalue weighted by atomic mass is 16.4. The molecule has 0 aromatic rings. The van der Waals surface area contributed by atoms with Crippen molar-refractivity contribution in [2.24, 2.45) is 23.2 Å². The molecule has 0 bridgehead atoms. The second kappa shape index (κ2) is 4.56. The van der Waals surface area contributed by atoms with Gasteiger partial charge in [0.25, 0.3) is 0 Å². The van der Waals surface area contributed by atoms with Gasteiger partial charge in [-0.05, 0) is 30.1 Å². The summed E-state index contributed by atoms with van der Waals surface area (Å²) in [5, 5.41) is 11.9. The summed E-state index contributed by atoms with van der Waals surface area (Å²) in [5.74, 6) is 0.131. The number of hydrogen-bond donors (Lipinski definition) is 2. The van der Waals surface area contributed by atoms with Crippen LogP contribution in [0.15, 0.2) is 0 Å². The van der Waals surface area contributed by atoms with Gasteiger partial charge in [0, 0.05) is 5.92 Å². The van der Waals surface area contributed by atoms with Crippen molar-refractivity contribution in [3.8, 4) is 0 Å². The number of hydrogen-bond acceptors (Lipinski definition) is 2. The molecule has 2 rings (SSSR count). The fourth-order valence-electron chi connectivity index (χ4n) is 3.27. The van der Waals surface area contributed by atoms with Crippen molar-refractivity contribution in [1.29, 1.82) is 0 Å². The van der Waals surface area contributed by atoms with Crippen LogP contribution in [0, 0.1) is 23.2 Å². The number of carbonyl (C=O) groups excluding carboxylic acids is 1. The van der Waals surface area contributed by atoms with E-state index in [4.69, 9.17) is 0 Å². The van der Waals surface area contributed by atoms with Gasteiger partial charge in [0.15, 0.2) is 0 Å². The summed E-state index contributed by atoms with van der Waals surface area (Å²) < 4.78 is 0. The van der Waals surface area contributed by atoms with E-state index in [0.717, 1.165) is 12.8 Å². The second-order valence-corrected chi connectivity index (χ2v) is 6.78. The topological polar surface area (TPSA) is 66.4 Å². The largest absolute Gasteiger partial charge is 0.480 e. The smallest absolute Gasteiger partial charge is 0.326 e. The van der Waals surface area contributed by atoms with Crippen molar-refractivity contribution in [3.05, 3.63) is 0 Å². The zero-order valence-electron chi connectivity index (χ0n) is 11.4. The molecule has 0 aliphatic heterocycles. The van der Waals surface area contributed by atoms with Gasteiger partial charge in [-0.3, -0.25) is 4.79 Å². The summed E-state index contributed by atoms with van der Waals surface area (Å²) in [5.41, 5.74) is -0.457. The van der Waals surface area contributed by atoms with E-state index in [1.54, 1.807) is 0 Å². The average Bonchev–Trinajstić information content (AvgIpc) is 2.97. The third kappa shape index (κ3) is 2.52. The van der Waals surface area contributed by atoms with Crippen LogP contribution in [-0.2, 0) is 9.59 Å². The molecule has 2 aliphatic carbocycles. The third-order valence-electron chi connectivity index (χ3n) is 4.36. The Balaban J connectivity index is 1.96. The monoisotopic (exact) mass is 253 g/mol. The van der Waals surface area contributed by atoms with Crippen LogP contribution in [0.4, 0.5) is 0 Å². The molecule has 0 aromatic carbocycles. The van der Waals surface area contributed by atoms with Crippen LogP contribution in [-0.4, -0.2) is 23.0 Å². The molecule has 4 heteroatoms. The molecule has 0 radical (unpaired) electrons. The Kier molecular flexibility index (Phi) is 3.39. The van der Waals surface area contributed by atoms with E-state index in [0.29, 0.717) is 11.8 Å². The van der Waals surface area contributed by atoms with Crippen molar-refractivity contribution in [3.63, 3.8) is 0 Å². The molecule has 2 saturated carbocycles. The number of aliphatic carboxylic acids is 1. The number of nitrogens with one attached hydrogen (secondary N) is 1. The molecule has 0 saturated heterocycles. The van der Waals surface area contributed by atoms with E-state index in [2.05, 4.69) is 5.32 Å². The van der Waals surface area contributed by atoms with E-state index < -0.39 is 17.4 Å². The lowest BCUT2D eigenvalue weighted by molar-refractivity contribution is -0.145. The molecular weight excluding hydrogens is 230 g/mol. The lowest BCUT2D eigenvalue weighted by Crippen LogP contribution is -2.49. The number of rotatable bonds is 3. The molecule has 18 heavy (non-hydrogen) atoms. The standard InChI is InChI=1S/C14H23NO3/c1-14(2,3)11(13(17)18)15-12(16)10-8-6-4-5-7-9(8)10/h8-11H,4-7H2,1-3H3,(H,15,16)(H,17,18)/t8?,9?,10?,11-/m1/s1. The van der Waals surface area contributed by atoms with Crippen LogP contribution in [0.25, 0.3) is 0 Å². The molecule has 2 N–H and O–H groups in total. The van der Waals surface area contributed by atoms with Crippen LogP contribution >= 0.6 is 0 Å². The molecule has 0 heterocycles. The van der Waals surface area contributed by atoms with Crippen molar-refractivity contribution >= 4 is 11.9 Å². The first kappa shape index (κ1) is 13.4. The molecule has 2 fully saturated rings. The Bertz CT molecular complexity index is 347. The predicted molar refractivity (Wildman–Crippen MR) is 68.0 cm³/mol. The zero-order chi connectivity index (χ0) is 13.5. The van der Waals surface area contributed by atoms with E-state index in [9.17, 15) is 14.7 Å². The fourth-order valence-corrected chi connectivity index (χ4v) is 3.27. The summed E-state index contributed by atoms with van der Waals surface area (Å²) in [6, 6.07) is -0.798. The molecule has 102 valence electrons. The van der Waals surface area contributed by atoms with Crippen LogP contribution in [0.5, 0.6) is 0 Å². The first-order valence-electron chi connectivity index (χ1n) is 6.85. The molecule has 0 spiro atoms. The van der Waals surface area contributed by atoms with E-state index in [1.807, 2.05) is 20.8 Å². The lowest BCUT2D eigenvalue weighted by atomic mass is 9.86. The van der Waals surface area contributed by atoms with Crippen LogP contribution in [0.2, 0.25) is 0 Å². The summed E-state index contributed by atoms with van der Waals surface area (Å²) >= 11 is 0. The quantitative estimate of drug-likeness (QED) is 0.809. The summed E-state index contributed by atoms with van der Waals surface area (Å²) in [6.45, 7) is 5.52. The zero-order valence-corrected chi connectivity index (χ0v) is 11.4. The number of amides is 1. The number of fused-ring (bicyclic) bond motifs is 1. The first-order chi connectivity index (χ1) is 8.32. The Morgan fingerprint density at radius 1 is 1.17 bits per heavy atom. The Hall–Kier alpha value is -1.06. The minimum absolute atomic E-state index is 0.0470. The Labute approximate surface area is 108 Å². The Morgan fingerprint density at radius 3 is 2.06 bits per heavy atom. The van der Waals surface area contributed by atoms with Gasteiger partial charge in [0.1, 0.15) is 6.04 Å². The molecule has 2 unspecified atom stereocenters. The van der Waals surface area contributed by atoms with E-state index in [1.165, 1.54) is 12.8 Å². The number of carbonyl (C=O) groups is 2. The minimum atomic E-state index is -0.945. The van der Waals surface area contributed by atoms with Crippen LogP contribution in [0.1, 0.15) is 46.5 Å². The van der Waals surface area contributed by atoms with Gasteiger partial charge in [0.05, 0.1) is 0 Å².